The second kappa shape index (κ2) is 8.51. The Labute approximate surface area is 147 Å². The van der Waals surface area contributed by atoms with E-state index in [0.717, 1.165) is 17.7 Å². The van der Waals surface area contributed by atoms with Crippen LogP contribution in [0.15, 0.2) is 41.4 Å². The first-order valence-electron chi connectivity index (χ1n) is 7.88. The van der Waals surface area contributed by atoms with Crippen molar-refractivity contribution < 1.29 is 4.79 Å². The van der Waals surface area contributed by atoms with Crippen molar-refractivity contribution in [3.63, 3.8) is 0 Å². The zero-order chi connectivity index (χ0) is 17.5. The fraction of sp³-hybridized carbons (Fsp3) is 0.316. The third-order valence-corrected chi connectivity index (χ3v) is 4.72. The molecule has 1 aromatic heterocycles. The maximum Gasteiger partial charge on any atom is 0.233 e. The van der Waals surface area contributed by atoms with Crippen LogP contribution < -0.4 is 5.32 Å². The molecule has 1 atom stereocenters. The summed E-state index contributed by atoms with van der Waals surface area (Å²) in [5, 5.41) is 12.6. The van der Waals surface area contributed by atoms with Crippen LogP contribution in [0.1, 0.15) is 29.3 Å². The van der Waals surface area contributed by atoms with Gasteiger partial charge in [-0.1, -0.05) is 42.1 Å². The highest BCUT2D eigenvalue weighted by molar-refractivity contribution is 8.00. The Hall–Kier alpha value is -2.32. The van der Waals surface area contributed by atoms with Gasteiger partial charge in [-0.2, -0.15) is 5.26 Å². The van der Waals surface area contributed by atoms with Crippen LogP contribution in [0.25, 0.3) is 0 Å². The van der Waals surface area contributed by atoms with Crippen LogP contribution in [0.3, 0.4) is 0 Å². The van der Waals surface area contributed by atoms with Crippen molar-refractivity contribution in [2.24, 2.45) is 0 Å². The fourth-order valence-corrected chi connectivity index (χ4v) is 3.41. The summed E-state index contributed by atoms with van der Waals surface area (Å²) >= 11 is 1.33. The number of carbonyl (C=O) groups excluding carboxylic acids is 1. The SMILES string of the molecule is Cc1cc(C)c(C#N)c(SC(C)C(=O)NCCc2ccccc2)n1. The quantitative estimate of drug-likeness (QED) is 0.819. The number of rotatable bonds is 6. The topological polar surface area (TPSA) is 65.8 Å². The molecule has 0 fully saturated rings. The predicted molar refractivity (Wildman–Crippen MR) is 96.9 cm³/mol. The van der Waals surface area contributed by atoms with E-state index in [1.165, 1.54) is 17.3 Å². The molecular weight excluding hydrogens is 318 g/mol. The standard InChI is InChI=1S/C19H21N3OS/c1-13-11-14(2)22-19(17(13)12-20)24-15(3)18(23)21-10-9-16-7-5-4-6-8-16/h4-8,11,15H,9-10H2,1-3H3,(H,21,23). The summed E-state index contributed by atoms with van der Waals surface area (Å²) in [6.45, 7) is 6.22. The van der Waals surface area contributed by atoms with Crippen LogP contribution in [-0.2, 0) is 11.2 Å². The third kappa shape index (κ3) is 4.84. The molecule has 1 aromatic carbocycles. The fourth-order valence-electron chi connectivity index (χ4n) is 2.36. The summed E-state index contributed by atoms with van der Waals surface area (Å²) in [5.74, 6) is -0.0409. The number of aryl methyl sites for hydroxylation is 2. The summed E-state index contributed by atoms with van der Waals surface area (Å²) in [4.78, 5) is 16.7. The minimum Gasteiger partial charge on any atom is -0.355 e. The van der Waals surface area contributed by atoms with Gasteiger partial charge in [0.1, 0.15) is 11.1 Å². The maximum absolute atomic E-state index is 12.3. The summed E-state index contributed by atoms with van der Waals surface area (Å²) < 4.78 is 0. The third-order valence-electron chi connectivity index (χ3n) is 3.64. The first-order valence-corrected chi connectivity index (χ1v) is 8.76. The number of thioether (sulfide) groups is 1. The molecule has 0 saturated carbocycles. The molecule has 1 amide bonds. The Balaban J connectivity index is 1.93. The molecule has 0 aliphatic rings. The Bertz CT molecular complexity index is 753. The molecular formula is C19H21N3OS. The van der Waals surface area contributed by atoms with Crippen LogP contribution in [0, 0.1) is 25.2 Å². The number of pyridine rings is 1. The normalized spacial score (nSPS) is 11.6. The van der Waals surface area contributed by atoms with Gasteiger partial charge in [-0.15, -0.1) is 0 Å². The van der Waals surface area contributed by atoms with Crippen molar-refractivity contribution in [1.29, 1.82) is 5.26 Å². The zero-order valence-electron chi connectivity index (χ0n) is 14.2. The van der Waals surface area contributed by atoms with E-state index < -0.39 is 0 Å². The molecule has 1 N–H and O–H groups in total. The largest absolute Gasteiger partial charge is 0.355 e. The number of hydrogen-bond acceptors (Lipinski definition) is 4. The number of nitriles is 1. The van der Waals surface area contributed by atoms with Gasteiger partial charge in [-0.05, 0) is 44.4 Å². The lowest BCUT2D eigenvalue weighted by Gasteiger charge is -2.13. The molecule has 2 rings (SSSR count). The highest BCUT2D eigenvalue weighted by Crippen LogP contribution is 2.27. The Morgan fingerprint density at radius 1 is 1.33 bits per heavy atom. The molecule has 1 unspecified atom stereocenters. The van der Waals surface area contributed by atoms with Crippen molar-refractivity contribution in [1.82, 2.24) is 10.3 Å². The molecule has 0 radical (unpaired) electrons. The number of aromatic nitrogens is 1. The van der Waals surface area contributed by atoms with Crippen LogP contribution in [0.2, 0.25) is 0 Å². The van der Waals surface area contributed by atoms with Crippen LogP contribution in [0.5, 0.6) is 0 Å². The van der Waals surface area contributed by atoms with Crippen molar-refractivity contribution in [3.05, 3.63) is 58.8 Å². The van der Waals surface area contributed by atoms with Gasteiger partial charge in [0, 0.05) is 12.2 Å². The van der Waals surface area contributed by atoms with Gasteiger partial charge in [0.2, 0.25) is 5.91 Å². The van der Waals surface area contributed by atoms with Gasteiger partial charge < -0.3 is 5.32 Å². The Kier molecular flexibility index (Phi) is 6.39. The van der Waals surface area contributed by atoms with Gasteiger partial charge >= 0.3 is 0 Å². The van der Waals surface area contributed by atoms with Gasteiger partial charge in [-0.3, -0.25) is 4.79 Å². The lowest BCUT2D eigenvalue weighted by molar-refractivity contribution is -0.120. The average Bonchev–Trinajstić information content (AvgIpc) is 2.55. The molecule has 0 aliphatic heterocycles. The summed E-state index contributed by atoms with van der Waals surface area (Å²) in [5.41, 5.74) is 3.49. The molecule has 1 heterocycles. The van der Waals surface area contributed by atoms with Crippen molar-refractivity contribution in [2.75, 3.05) is 6.54 Å². The summed E-state index contributed by atoms with van der Waals surface area (Å²) in [6.07, 6.45) is 0.801. The van der Waals surface area contributed by atoms with Crippen molar-refractivity contribution >= 4 is 17.7 Å². The number of carbonyl (C=O) groups is 1. The highest BCUT2D eigenvalue weighted by atomic mass is 32.2. The van der Waals surface area contributed by atoms with Crippen LogP contribution in [0.4, 0.5) is 0 Å². The Morgan fingerprint density at radius 2 is 2.04 bits per heavy atom. The van der Waals surface area contributed by atoms with Crippen LogP contribution in [-0.4, -0.2) is 22.7 Å². The number of nitrogens with one attached hydrogen (secondary N) is 1. The summed E-state index contributed by atoms with van der Waals surface area (Å²) in [7, 11) is 0. The van der Waals surface area contributed by atoms with E-state index in [1.54, 1.807) is 0 Å². The predicted octanol–water partition coefficient (Wildman–Crippen LogP) is 3.41. The first kappa shape index (κ1) is 18.0. The van der Waals surface area contributed by atoms with E-state index in [2.05, 4.69) is 16.4 Å². The van der Waals surface area contributed by atoms with Gasteiger partial charge in [0.25, 0.3) is 0 Å². The number of nitrogens with zero attached hydrogens (tertiary/aromatic N) is 2. The van der Waals surface area contributed by atoms with Crippen LogP contribution >= 0.6 is 11.8 Å². The molecule has 0 aliphatic carbocycles. The molecule has 0 bridgehead atoms. The molecule has 0 spiro atoms. The number of benzene rings is 1. The molecule has 124 valence electrons. The monoisotopic (exact) mass is 339 g/mol. The lowest BCUT2D eigenvalue weighted by atomic mass is 10.1. The van der Waals surface area contributed by atoms with E-state index >= 15 is 0 Å². The van der Waals surface area contributed by atoms with E-state index in [4.69, 9.17) is 0 Å². The summed E-state index contributed by atoms with van der Waals surface area (Å²) in [6, 6.07) is 14.1. The highest BCUT2D eigenvalue weighted by Gasteiger charge is 2.18. The Morgan fingerprint density at radius 3 is 2.71 bits per heavy atom. The second-order valence-electron chi connectivity index (χ2n) is 5.66. The number of amides is 1. The van der Waals surface area contributed by atoms with E-state index in [-0.39, 0.29) is 11.2 Å². The van der Waals surface area contributed by atoms with Gasteiger partial charge in [0.05, 0.1) is 10.8 Å². The number of hydrogen-bond donors (Lipinski definition) is 1. The molecule has 2 aromatic rings. The van der Waals surface area contributed by atoms with Gasteiger partial charge in [0.15, 0.2) is 0 Å². The lowest BCUT2D eigenvalue weighted by Crippen LogP contribution is -2.32. The second-order valence-corrected chi connectivity index (χ2v) is 6.99. The molecule has 0 saturated heterocycles. The minimum absolute atomic E-state index is 0.0409. The average molecular weight is 339 g/mol. The maximum atomic E-state index is 12.3. The minimum atomic E-state index is -0.304. The van der Waals surface area contributed by atoms with E-state index in [9.17, 15) is 10.1 Å². The van der Waals surface area contributed by atoms with Gasteiger partial charge in [-0.25, -0.2) is 4.98 Å². The van der Waals surface area contributed by atoms with Crippen molar-refractivity contribution in [3.8, 4) is 6.07 Å². The van der Waals surface area contributed by atoms with E-state index in [1.807, 2.05) is 57.2 Å². The molecule has 24 heavy (non-hydrogen) atoms. The zero-order valence-corrected chi connectivity index (χ0v) is 15.0. The first-order chi connectivity index (χ1) is 11.5. The smallest absolute Gasteiger partial charge is 0.233 e. The van der Waals surface area contributed by atoms with E-state index in [0.29, 0.717) is 17.1 Å². The molecule has 4 nitrogen and oxygen atoms in total. The molecule has 5 heteroatoms. The van der Waals surface area contributed by atoms with Crippen molar-refractivity contribution in [2.45, 2.75) is 37.5 Å².